The Morgan fingerprint density at radius 3 is 2.95 bits per heavy atom. The van der Waals surface area contributed by atoms with Gasteiger partial charge in [-0.1, -0.05) is 0 Å². The van der Waals surface area contributed by atoms with Crippen LogP contribution in [0.2, 0.25) is 0 Å². The van der Waals surface area contributed by atoms with Crippen molar-refractivity contribution in [3.05, 3.63) is 22.4 Å². The molecule has 0 spiro atoms. The molecule has 7 heteroatoms. The number of halogens is 1. The molecule has 2 rings (SSSR count). The number of nitrogens with one attached hydrogen (secondary N) is 1. The Balaban J connectivity index is 0.00000180. The number of amides is 2. The molecule has 0 aliphatic carbocycles. The van der Waals surface area contributed by atoms with Crippen molar-refractivity contribution in [1.29, 1.82) is 0 Å². The first-order valence-corrected chi connectivity index (χ1v) is 6.95. The molecule has 0 bridgehead atoms. The second-order valence-corrected chi connectivity index (χ2v) is 5.06. The summed E-state index contributed by atoms with van der Waals surface area (Å²) in [5, 5.41) is 6.62. The Morgan fingerprint density at radius 1 is 1.53 bits per heavy atom. The smallest absolute Gasteiger partial charge is 0.242 e. The van der Waals surface area contributed by atoms with E-state index in [-0.39, 0.29) is 43.4 Å². The minimum absolute atomic E-state index is 0. The quantitative estimate of drug-likeness (QED) is 0.868. The van der Waals surface area contributed by atoms with E-state index in [4.69, 9.17) is 5.73 Å². The Kier molecular flexibility index (Phi) is 6.27. The molecule has 1 saturated heterocycles. The van der Waals surface area contributed by atoms with Gasteiger partial charge in [-0.25, -0.2) is 0 Å². The van der Waals surface area contributed by atoms with Crippen molar-refractivity contribution in [2.24, 2.45) is 5.73 Å². The van der Waals surface area contributed by atoms with Crippen molar-refractivity contribution in [1.82, 2.24) is 10.2 Å². The highest BCUT2D eigenvalue weighted by Gasteiger charge is 2.29. The van der Waals surface area contributed by atoms with Gasteiger partial charge in [-0.2, -0.15) is 11.3 Å². The molecule has 19 heavy (non-hydrogen) atoms. The first kappa shape index (κ1) is 15.9. The Labute approximate surface area is 122 Å². The van der Waals surface area contributed by atoms with Gasteiger partial charge < -0.3 is 16.0 Å². The first-order chi connectivity index (χ1) is 8.72. The summed E-state index contributed by atoms with van der Waals surface area (Å²) in [6, 6.07) is 2.22. The maximum Gasteiger partial charge on any atom is 0.242 e. The highest BCUT2D eigenvalue weighted by molar-refractivity contribution is 7.07. The predicted octanol–water partition coefficient (Wildman–Crippen LogP) is 0.908. The number of carbonyl (C=O) groups excluding carboxylic acids is 2. The minimum atomic E-state index is -0.297. The fourth-order valence-corrected chi connectivity index (χ4v) is 2.93. The van der Waals surface area contributed by atoms with Crippen molar-refractivity contribution in [3.63, 3.8) is 0 Å². The molecule has 106 valence electrons. The van der Waals surface area contributed by atoms with Gasteiger partial charge in [-0.3, -0.25) is 9.59 Å². The summed E-state index contributed by atoms with van der Waals surface area (Å²) in [4.78, 5) is 24.9. The molecule has 1 fully saturated rings. The van der Waals surface area contributed by atoms with Crippen LogP contribution in [0.3, 0.4) is 0 Å². The van der Waals surface area contributed by atoms with E-state index in [0.29, 0.717) is 0 Å². The van der Waals surface area contributed by atoms with Gasteiger partial charge in [0, 0.05) is 6.54 Å². The molecule has 1 aromatic heterocycles. The van der Waals surface area contributed by atoms with Crippen LogP contribution < -0.4 is 11.1 Å². The van der Waals surface area contributed by atoms with Crippen molar-refractivity contribution in [2.75, 3.05) is 19.6 Å². The predicted molar refractivity (Wildman–Crippen MR) is 77.3 cm³/mol. The molecule has 1 atom stereocenters. The van der Waals surface area contributed by atoms with Crippen LogP contribution in [0, 0.1) is 0 Å². The summed E-state index contributed by atoms with van der Waals surface area (Å²) in [6.07, 6.45) is 2.00. The molecular formula is C12H18ClN3O2S. The lowest BCUT2D eigenvalue weighted by Crippen LogP contribution is -2.41. The van der Waals surface area contributed by atoms with Gasteiger partial charge in [0.05, 0.1) is 19.1 Å². The fourth-order valence-electron chi connectivity index (χ4n) is 2.22. The van der Waals surface area contributed by atoms with E-state index in [2.05, 4.69) is 16.8 Å². The number of hydrogen-bond donors (Lipinski definition) is 2. The van der Waals surface area contributed by atoms with Gasteiger partial charge in [0.2, 0.25) is 11.8 Å². The van der Waals surface area contributed by atoms with Crippen molar-refractivity contribution < 1.29 is 9.59 Å². The van der Waals surface area contributed by atoms with Crippen LogP contribution in [-0.4, -0.2) is 36.3 Å². The molecule has 2 amide bonds. The maximum absolute atomic E-state index is 12.0. The lowest BCUT2D eigenvalue weighted by Gasteiger charge is -2.24. The van der Waals surface area contributed by atoms with Crippen LogP contribution >= 0.6 is 23.7 Å². The zero-order valence-electron chi connectivity index (χ0n) is 10.5. The lowest BCUT2D eigenvalue weighted by molar-refractivity contribution is -0.133. The van der Waals surface area contributed by atoms with Crippen LogP contribution in [0.15, 0.2) is 16.8 Å². The van der Waals surface area contributed by atoms with E-state index in [1.807, 2.05) is 10.3 Å². The molecule has 1 unspecified atom stereocenters. The molecule has 2 heterocycles. The summed E-state index contributed by atoms with van der Waals surface area (Å²) >= 11 is 1.64. The summed E-state index contributed by atoms with van der Waals surface area (Å²) in [5.74, 6) is -0.333. The monoisotopic (exact) mass is 303 g/mol. The van der Waals surface area contributed by atoms with Gasteiger partial charge >= 0.3 is 0 Å². The molecule has 1 aromatic rings. The van der Waals surface area contributed by atoms with Crippen molar-refractivity contribution in [3.8, 4) is 0 Å². The fraction of sp³-hybridized carbons (Fsp3) is 0.500. The summed E-state index contributed by atoms with van der Waals surface area (Å²) < 4.78 is 0. The van der Waals surface area contributed by atoms with Crippen LogP contribution in [0.1, 0.15) is 24.4 Å². The molecule has 1 aliphatic rings. The van der Waals surface area contributed by atoms with E-state index >= 15 is 0 Å². The molecule has 3 N–H and O–H groups in total. The van der Waals surface area contributed by atoms with E-state index in [1.54, 1.807) is 11.3 Å². The zero-order chi connectivity index (χ0) is 13.0. The third kappa shape index (κ3) is 3.92. The average Bonchev–Trinajstić information content (AvgIpc) is 3.04. The van der Waals surface area contributed by atoms with E-state index in [0.717, 1.165) is 19.4 Å². The standard InChI is InChI=1S/C12H17N3O2S.ClH/c13-6-11(16)14-7-12(17)15-4-1-2-10(15)9-3-5-18-8-9;/h3,5,8,10H,1-2,4,6-7,13H2,(H,14,16);1H. The number of nitrogens with two attached hydrogens (primary N) is 1. The van der Waals surface area contributed by atoms with Crippen LogP contribution in [0.25, 0.3) is 0 Å². The number of carbonyl (C=O) groups is 2. The summed E-state index contributed by atoms with van der Waals surface area (Å²) in [7, 11) is 0. The van der Waals surface area contributed by atoms with Gasteiger partial charge in [0.25, 0.3) is 0 Å². The normalized spacial score (nSPS) is 17.9. The largest absolute Gasteiger partial charge is 0.346 e. The highest BCUT2D eigenvalue weighted by Crippen LogP contribution is 2.32. The van der Waals surface area contributed by atoms with Gasteiger partial charge in [-0.05, 0) is 35.2 Å². The highest BCUT2D eigenvalue weighted by atomic mass is 35.5. The van der Waals surface area contributed by atoms with Crippen LogP contribution in [-0.2, 0) is 9.59 Å². The zero-order valence-corrected chi connectivity index (χ0v) is 12.1. The van der Waals surface area contributed by atoms with E-state index in [9.17, 15) is 9.59 Å². The van der Waals surface area contributed by atoms with E-state index in [1.165, 1.54) is 5.56 Å². The number of rotatable bonds is 4. The van der Waals surface area contributed by atoms with Crippen LogP contribution in [0.5, 0.6) is 0 Å². The number of likely N-dealkylation sites (tertiary alicyclic amines) is 1. The summed E-state index contributed by atoms with van der Waals surface area (Å²) in [6.45, 7) is 0.718. The number of hydrogen-bond acceptors (Lipinski definition) is 4. The van der Waals surface area contributed by atoms with Crippen LogP contribution in [0.4, 0.5) is 0 Å². The molecular weight excluding hydrogens is 286 g/mol. The third-order valence-corrected chi connectivity index (χ3v) is 3.82. The topological polar surface area (TPSA) is 75.4 Å². The van der Waals surface area contributed by atoms with E-state index < -0.39 is 0 Å². The molecule has 0 saturated carbocycles. The number of thiophene rings is 1. The third-order valence-electron chi connectivity index (χ3n) is 3.12. The van der Waals surface area contributed by atoms with Crippen molar-refractivity contribution >= 4 is 35.6 Å². The Bertz CT molecular complexity index is 425. The first-order valence-electron chi connectivity index (χ1n) is 6.00. The number of nitrogens with zero attached hydrogens (tertiary/aromatic N) is 1. The minimum Gasteiger partial charge on any atom is -0.346 e. The molecule has 1 aliphatic heterocycles. The van der Waals surface area contributed by atoms with Gasteiger partial charge in [0.1, 0.15) is 0 Å². The van der Waals surface area contributed by atoms with Gasteiger partial charge in [-0.15, -0.1) is 12.4 Å². The summed E-state index contributed by atoms with van der Waals surface area (Å²) in [5.41, 5.74) is 6.37. The Morgan fingerprint density at radius 2 is 2.32 bits per heavy atom. The molecule has 5 nitrogen and oxygen atoms in total. The second-order valence-electron chi connectivity index (χ2n) is 4.28. The maximum atomic E-state index is 12.0. The second kappa shape index (κ2) is 7.47. The average molecular weight is 304 g/mol. The molecule has 0 aromatic carbocycles. The lowest BCUT2D eigenvalue weighted by atomic mass is 10.1. The SMILES string of the molecule is Cl.NCC(=O)NCC(=O)N1CCCC1c1ccsc1. The van der Waals surface area contributed by atoms with Gasteiger partial charge in [0.15, 0.2) is 0 Å². The van der Waals surface area contributed by atoms with Crippen molar-refractivity contribution in [2.45, 2.75) is 18.9 Å². The molecule has 0 radical (unpaired) electrons. The Hall–Kier alpha value is -1.11.